The van der Waals surface area contributed by atoms with Crippen LogP contribution >= 0.6 is 11.6 Å². The van der Waals surface area contributed by atoms with E-state index in [0.717, 1.165) is 25.0 Å². The van der Waals surface area contributed by atoms with Gasteiger partial charge in [0.15, 0.2) is 11.6 Å². The molecule has 0 spiro atoms. The van der Waals surface area contributed by atoms with E-state index in [1.807, 2.05) is 12.1 Å². The Kier molecular flexibility index (Phi) is 3.80. The van der Waals surface area contributed by atoms with Gasteiger partial charge in [0.25, 0.3) is 0 Å². The lowest BCUT2D eigenvalue weighted by atomic mass is 10.1. The van der Waals surface area contributed by atoms with Crippen molar-refractivity contribution < 1.29 is 14.0 Å². The van der Waals surface area contributed by atoms with Crippen LogP contribution < -0.4 is 10.5 Å². The van der Waals surface area contributed by atoms with Gasteiger partial charge in [-0.3, -0.25) is 0 Å². The van der Waals surface area contributed by atoms with Crippen molar-refractivity contribution in [2.24, 2.45) is 0 Å². The van der Waals surface area contributed by atoms with Gasteiger partial charge in [-0.1, -0.05) is 16.8 Å². The van der Waals surface area contributed by atoms with Crippen molar-refractivity contribution in [3.63, 3.8) is 0 Å². The first kappa shape index (κ1) is 13.3. The molecule has 0 radical (unpaired) electrons. The highest BCUT2D eigenvalue weighted by atomic mass is 35.5. The Morgan fingerprint density at radius 1 is 1.35 bits per heavy atom. The molecule has 20 heavy (non-hydrogen) atoms. The Morgan fingerprint density at radius 2 is 2.25 bits per heavy atom. The van der Waals surface area contributed by atoms with E-state index in [2.05, 4.69) is 5.16 Å². The van der Waals surface area contributed by atoms with Gasteiger partial charge in [-0.2, -0.15) is 0 Å². The molecule has 5 nitrogen and oxygen atoms in total. The Balaban J connectivity index is 1.76. The molecule has 106 valence electrons. The molecule has 1 aliphatic rings. The molecule has 0 saturated carbocycles. The number of hydrogen-bond donors (Lipinski definition) is 1. The maximum absolute atomic E-state index is 6.25. The second-order valence-electron chi connectivity index (χ2n) is 4.72. The van der Waals surface area contributed by atoms with Crippen LogP contribution in [0.3, 0.4) is 0 Å². The van der Waals surface area contributed by atoms with Crippen LogP contribution in [0.4, 0.5) is 5.82 Å². The number of anilines is 1. The van der Waals surface area contributed by atoms with E-state index in [0.29, 0.717) is 29.0 Å². The highest BCUT2D eigenvalue weighted by Crippen LogP contribution is 2.32. The van der Waals surface area contributed by atoms with Gasteiger partial charge in [0.05, 0.1) is 11.6 Å². The first-order valence-corrected chi connectivity index (χ1v) is 6.86. The van der Waals surface area contributed by atoms with Gasteiger partial charge in [-0.25, -0.2) is 0 Å². The third-order valence-corrected chi connectivity index (χ3v) is 3.45. The monoisotopic (exact) mass is 294 g/mol. The van der Waals surface area contributed by atoms with Gasteiger partial charge in [-0.05, 0) is 31.0 Å². The molecule has 0 bridgehead atoms. The summed E-state index contributed by atoms with van der Waals surface area (Å²) in [6.45, 7) is 1.41. The minimum Gasteiger partial charge on any atom is -0.486 e. The van der Waals surface area contributed by atoms with Crippen molar-refractivity contribution in [1.82, 2.24) is 5.16 Å². The standard InChI is InChI=1S/C14H15ClN2O3/c15-11-6-9(13-7-14(16)17-20-13)3-4-12(11)19-10-2-1-5-18-8-10/h3-4,6-7,10H,1-2,5,8H2,(H2,16,17). The Hall–Kier alpha value is -1.72. The van der Waals surface area contributed by atoms with Crippen molar-refractivity contribution in [3.8, 4) is 17.1 Å². The largest absolute Gasteiger partial charge is 0.486 e. The molecular formula is C14H15ClN2O3. The zero-order valence-corrected chi connectivity index (χ0v) is 11.6. The van der Waals surface area contributed by atoms with Crippen molar-refractivity contribution in [3.05, 3.63) is 29.3 Å². The second kappa shape index (κ2) is 5.73. The molecule has 1 unspecified atom stereocenters. The van der Waals surface area contributed by atoms with E-state index >= 15 is 0 Å². The zero-order chi connectivity index (χ0) is 13.9. The number of hydrogen-bond acceptors (Lipinski definition) is 5. The Morgan fingerprint density at radius 3 is 2.90 bits per heavy atom. The highest BCUT2D eigenvalue weighted by Gasteiger charge is 2.17. The summed E-state index contributed by atoms with van der Waals surface area (Å²) in [6, 6.07) is 7.12. The van der Waals surface area contributed by atoms with E-state index in [4.69, 9.17) is 31.3 Å². The molecule has 1 aromatic carbocycles. The fraction of sp³-hybridized carbons (Fsp3) is 0.357. The summed E-state index contributed by atoms with van der Waals surface area (Å²) in [6.07, 6.45) is 2.06. The number of aromatic nitrogens is 1. The number of halogens is 1. The minimum absolute atomic E-state index is 0.0630. The van der Waals surface area contributed by atoms with E-state index < -0.39 is 0 Å². The normalized spacial score (nSPS) is 18.9. The van der Waals surface area contributed by atoms with Crippen LogP contribution in [0.25, 0.3) is 11.3 Å². The first-order valence-electron chi connectivity index (χ1n) is 6.49. The third kappa shape index (κ3) is 2.89. The van der Waals surface area contributed by atoms with Gasteiger partial charge in [0.1, 0.15) is 11.9 Å². The summed E-state index contributed by atoms with van der Waals surface area (Å²) < 4.78 is 16.3. The predicted molar refractivity (Wildman–Crippen MR) is 75.8 cm³/mol. The quantitative estimate of drug-likeness (QED) is 0.941. The van der Waals surface area contributed by atoms with E-state index in [-0.39, 0.29) is 6.10 Å². The van der Waals surface area contributed by atoms with Crippen LogP contribution in [-0.4, -0.2) is 24.5 Å². The smallest absolute Gasteiger partial charge is 0.169 e. The molecule has 1 saturated heterocycles. The minimum atomic E-state index is 0.0630. The van der Waals surface area contributed by atoms with Gasteiger partial charge >= 0.3 is 0 Å². The van der Waals surface area contributed by atoms with Gasteiger partial charge in [0.2, 0.25) is 0 Å². The summed E-state index contributed by atoms with van der Waals surface area (Å²) in [5, 5.41) is 4.18. The van der Waals surface area contributed by atoms with E-state index in [1.54, 1.807) is 12.1 Å². The lowest BCUT2D eigenvalue weighted by molar-refractivity contribution is 0.00748. The molecule has 3 rings (SSSR count). The van der Waals surface area contributed by atoms with Crippen LogP contribution in [0, 0.1) is 0 Å². The van der Waals surface area contributed by atoms with Crippen LogP contribution in [0.15, 0.2) is 28.8 Å². The van der Waals surface area contributed by atoms with E-state index in [9.17, 15) is 0 Å². The Labute approximate surface area is 121 Å². The molecule has 1 aromatic heterocycles. The molecular weight excluding hydrogens is 280 g/mol. The maximum atomic E-state index is 6.25. The lowest BCUT2D eigenvalue weighted by Crippen LogP contribution is -2.28. The van der Waals surface area contributed by atoms with Crippen molar-refractivity contribution in [2.75, 3.05) is 18.9 Å². The van der Waals surface area contributed by atoms with Gasteiger partial charge in [0, 0.05) is 18.2 Å². The molecule has 2 aromatic rings. The highest BCUT2D eigenvalue weighted by molar-refractivity contribution is 6.32. The number of rotatable bonds is 3. The van der Waals surface area contributed by atoms with Crippen molar-refractivity contribution >= 4 is 17.4 Å². The van der Waals surface area contributed by atoms with Crippen molar-refractivity contribution in [1.29, 1.82) is 0 Å². The summed E-state index contributed by atoms with van der Waals surface area (Å²) >= 11 is 6.25. The number of nitrogen functional groups attached to an aromatic ring is 1. The second-order valence-corrected chi connectivity index (χ2v) is 5.13. The molecule has 1 fully saturated rings. The lowest BCUT2D eigenvalue weighted by Gasteiger charge is -2.23. The number of benzene rings is 1. The van der Waals surface area contributed by atoms with Crippen LogP contribution in [0.2, 0.25) is 5.02 Å². The maximum Gasteiger partial charge on any atom is 0.169 e. The summed E-state index contributed by atoms with van der Waals surface area (Å²) in [4.78, 5) is 0. The molecule has 2 heterocycles. The number of nitrogens with two attached hydrogens (primary N) is 1. The topological polar surface area (TPSA) is 70.5 Å². The van der Waals surface area contributed by atoms with E-state index in [1.165, 1.54) is 0 Å². The molecule has 0 amide bonds. The predicted octanol–water partition coefficient (Wildman–Crippen LogP) is 3.14. The molecule has 2 N–H and O–H groups in total. The van der Waals surface area contributed by atoms with Crippen LogP contribution in [0.1, 0.15) is 12.8 Å². The number of nitrogens with zero attached hydrogens (tertiary/aromatic N) is 1. The average Bonchev–Trinajstić information content (AvgIpc) is 2.89. The SMILES string of the molecule is Nc1cc(-c2ccc(OC3CCCOC3)c(Cl)c2)on1. The van der Waals surface area contributed by atoms with Gasteiger partial charge < -0.3 is 19.7 Å². The van der Waals surface area contributed by atoms with Crippen molar-refractivity contribution in [2.45, 2.75) is 18.9 Å². The fourth-order valence-corrected chi connectivity index (χ4v) is 2.38. The van der Waals surface area contributed by atoms with Crippen LogP contribution in [0.5, 0.6) is 5.75 Å². The average molecular weight is 295 g/mol. The molecule has 0 aliphatic carbocycles. The van der Waals surface area contributed by atoms with Gasteiger partial charge in [-0.15, -0.1) is 0 Å². The Bertz CT molecular complexity index is 594. The molecule has 6 heteroatoms. The zero-order valence-electron chi connectivity index (χ0n) is 10.8. The summed E-state index contributed by atoms with van der Waals surface area (Å²) in [7, 11) is 0. The fourth-order valence-electron chi connectivity index (χ4n) is 2.16. The summed E-state index contributed by atoms with van der Waals surface area (Å²) in [5.41, 5.74) is 6.34. The third-order valence-electron chi connectivity index (χ3n) is 3.16. The van der Waals surface area contributed by atoms with Crippen LogP contribution in [-0.2, 0) is 4.74 Å². The molecule has 1 atom stereocenters. The number of ether oxygens (including phenoxy) is 2. The molecule has 1 aliphatic heterocycles. The summed E-state index contributed by atoms with van der Waals surface area (Å²) in [5.74, 6) is 1.58. The first-order chi connectivity index (χ1) is 9.72.